The van der Waals surface area contributed by atoms with E-state index in [1.165, 1.54) is 132 Å². The van der Waals surface area contributed by atoms with Crippen LogP contribution in [0.4, 0.5) is 11.5 Å². The average molecular weight is 917 g/mol. The normalized spacial score (nSPS) is 19.2. The van der Waals surface area contributed by atoms with E-state index in [1.807, 2.05) is 13.8 Å². The summed E-state index contributed by atoms with van der Waals surface area (Å²) in [6, 6.07) is 10.5. The van der Waals surface area contributed by atoms with Gasteiger partial charge in [-0.25, -0.2) is 14.1 Å². The number of aliphatic hydroxyl groups is 1. The fourth-order valence-electron chi connectivity index (χ4n) is 7.62. The molecule has 0 saturated carbocycles. The molecule has 1 unspecified atom stereocenters. The molecule has 3 heterocycles. The van der Waals surface area contributed by atoms with Crippen LogP contribution >= 0.6 is 7.82 Å². The second-order valence-corrected chi connectivity index (χ2v) is 19.2. The molecule has 1 fully saturated rings. The molecular formula is C46H73N6O11P. The number of nitro benzene ring substituents is 1. The molecule has 1 aliphatic heterocycles. The first-order valence-corrected chi connectivity index (χ1v) is 24.7. The quantitative estimate of drug-likeness (QED) is 0.0187. The van der Waals surface area contributed by atoms with E-state index in [9.17, 15) is 25.0 Å². The largest absolute Gasteiger partial charge is 0.530 e. The summed E-state index contributed by atoms with van der Waals surface area (Å²) in [7, 11) is -4.53. The number of benzene rings is 1. The molecule has 0 spiro atoms. The molecule has 1 aromatic carbocycles. The Balaban J connectivity index is 1.33. The van der Waals surface area contributed by atoms with Crippen LogP contribution in [0.1, 0.15) is 149 Å². The van der Waals surface area contributed by atoms with Gasteiger partial charge in [0.05, 0.1) is 36.5 Å². The highest BCUT2D eigenvalue weighted by molar-refractivity contribution is 7.48. The van der Waals surface area contributed by atoms with Gasteiger partial charge in [0.2, 0.25) is 5.60 Å². The van der Waals surface area contributed by atoms with Crippen molar-refractivity contribution >= 4 is 24.8 Å². The molecule has 2 aromatic heterocycles. The molecule has 0 aliphatic carbocycles. The summed E-state index contributed by atoms with van der Waals surface area (Å²) in [5.74, 6) is -1.31. The van der Waals surface area contributed by atoms with Crippen molar-refractivity contribution in [3.8, 4) is 11.8 Å². The van der Waals surface area contributed by atoms with Gasteiger partial charge >= 0.3 is 7.82 Å². The number of rotatable bonds is 34. The third kappa shape index (κ3) is 17.6. The molecule has 0 bridgehead atoms. The minimum Gasteiger partial charge on any atom is -0.404 e. The number of anilines is 1. The van der Waals surface area contributed by atoms with Crippen LogP contribution < -0.4 is 10.3 Å². The smallest absolute Gasteiger partial charge is 0.404 e. The maximum Gasteiger partial charge on any atom is 0.530 e. The lowest BCUT2D eigenvalue weighted by molar-refractivity contribution is -0.384. The molecule has 64 heavy (non-hydrogen) atoms. The van der Waals surface area contributed by atoms with E-state index >= 15 is 0 Å². The molecule has 17 nitrogen and oxygen atoms in total. The maximum absolute atomic E-state index is 14.5. The van der Waals surface area contributed by atoms with Crippen LogP contribution in [0.25, 0.3) is 5.52 Å². The van der Waals surface area contributed by atoms with Gasteiger partial charge in [0.1, 0.15) is 35.9 Å². The van der Waals surface area contributed by atoms with E-state index < -0.39 is 49.1 Å². The zero-order chi connectivity index (χ0) is 46.4. The Morgan fingerprint density at radius 3 is 2.12 bits per heavy atom. The van der Waals surface area contributed by atoms with E-state index in [2.05, 4.69) is 23.1 Å². The van der Waals surface area contributed by atoms with Crippen LogP contribution in [-0.4, -0.2) is 81.8 Å². The molecule has 1 saturated heterocycles. The Kier molecular flexibility index (Phi) is 22.4. The van der Waals surface area contributed by atoms with Crippen molar-refractivity contribution in [2.45, 2.75) is 173 Å². The molecule has 18 heteroatoms. The number of fused-ring (bicyclic) bond motifs is 1. The highest BCUT2D eigenvalue weighted by Gasteiger charge is 2.55. The molecular weight excluding hydrogens is 844 g/mol. The molecule has 4 rings (SSSR count). The molecule has 0 amide bonds. The zero-order valence-electron chi connectivity index (χ0n) is 38.7. The molecule has 358 valence electrons. The highest BCUT2D eigenvalue weighted by Crippen LogP contribution is 2.51. The molecule has 3 N–H and O–H groups in total. The predicted molar refractivity (Wildman–Crippen MR) is 244 cm³/mol. The number of hydrogen-bond donors (Lipinski definition) is 2. The Hall–Kier alpha value is -3.72. The van der Waals surface area contributed by atoms with Gasteiger partial charge in [0.15, 0.2) is 11.6 Å². The van der Waals surface area contributed by atoms with Gasteiger partial charge in [-0.2, -0.15) is 10.4 Å². The van der Waals surface area contributed by atoms with Crippen LogP contribution in [0.5, 0.6) is 5.75 Å². The van der Waals surface area contributed by atoms with E-state index in [1.54, 1.807) is 12.1 Å². The standard InChI is InChI=1S/C46H73N6O11P/c1-6-7-8-9-10-11-12-13-14-15-16-17-18-19-20-21-28-57-31-40(58-30-36(2)3)33-60-64(56,63-38-24-22-37(23-25-38)52(54)55)59-32-39-29-43(62-45(4,5)53)46(34-47,61-39)42-27-26-41-44(48)49-35-50-51(41)42/h22-27,35-36,39-40,43,53H,6-21,28-33H2,1-5H3,(H2,48,49,50)/t39-,40+,43+,46-,64?/m0/s1. The molecule has 3 aromatic rings. The van der Waals surface area contributed by atoms with Crippen LogP contribution in [-0.2, 0) is 38.2 Å². The topological polar surface area (TPSA) is 225 Å². The summed E-state index contributed by atoms with van der Waals surface area (Å²) < 4.78 is 58.1. The fraction of sp³-hybridized carbons (Fsp3) is 0.717. The summed E-state index contributed by atoms with van der Waals surface area (Å²) in [4.78, 5) is 14.8. The number of aromatic nitrogens is 3. The van der Waals surface area contributed by atoms with E-state index in [0.29, 0.717) is 18.7 Å². The average Bonchev–Trinajstić information content (AvgIpc) is 3.85. The van der Waals surface area contributed by atoms with Gasteiger partial charge in [-0.05, 0) is 50.5 Å². The van der Waals surface area contributed by atoms with Crippen molar-refractivity contribution in [2.24, 2.45) is 5.92 Å². The van der Waals surface area contributed by atoms with Gasteiger partial charge < -0.3 is 34.3 Å². The van der Waals surface area contributed by atoms with Crippen molar-refractivity contribution in [3.63, 3.8) is 0 Å². The Morgan fingerprint density at radius 1 is 0.953 bits per heavy atom. The van der Waals surface area contributed by atoms with Gasteiger partial charge in [0.25, 0.3) is 5.69 Å². The fourth-order valence-corrected chi connectivity index (χ4v) is 8.88. The number of phosphoric ester groups is 1. The van der Waals surface area contributed by atoms with Gasteiger partial charge in [-0.3, -0.25) is 19.2 Å². The number of nitrogens with zero attached hydrogens (tertiary/aromatic N) is 5. The second kappa shape index (κ2) is 27.0. The summed E-state index contributed by atoms with van der Waals surface area (Å²) in [5.41, 5.74) is 4.75. The first-order chi connectivity index (χ1) is 30.7. The molecule has 0 radical (unpaired) electrons. The highest BCUT2D eigenvalue weighted by atomic mass is 31.2. The SMILES string of the molecule is CCCCCCCCCCCCCCCCCCOC[C@H](COP(=O)(OC[C@@H]1C[C@@H](OC(C)(C)O)[C@](C#N)(c2ccc3c(N)ncnn23)O1)Oc1ccc([N+](=O)[O-])cc1)OCC(C)C. The lowest BCUT2D eigenvalue weighted by Crippen LogP contribution is -2.43. The van der Waals surface area contributed by atoms with Crippen LogP contribution in [0, 0.1) is 27.4 Å². The van der Waals surface area contributed by atoms with Crippen molar-refractivity contribution < 1.29 is 47.1 Å². The number of nitrogens with two attached hydrogens (primary N) is 1. The third-order valence-electron chi connectivity index (χ3n) is 11.0. The number of phosphoric acid groups is 1. The summed E-state index contributed by atoms with van der Waals surface area (Å²) >= 11 is 0. The minimum absolute atomic E-state index is 0.00721. The van der Waals surface area contributed by atoms with Crippen molar-refractivity contribution in [1.29, 1.82) is 5.26 Å². The maximum atomic E-state index is 14.5. The van der Waals surface area contributed by atoms with Crippen molar-refractivity contribution in [2.75, 3.05) is 38.8 Å². The zero-order valence-corrected chi connectivity index (χ0v) is 39.6. The minimum atomic E-state index is -4.53. The number of nitriles is 1. The number of unbranched alkanes of at least 4 members (excludes halogenated alkanes) is 15. The van der Waals surface area contributed by atoms with Crippen LogP contribution in [0.3, 0.4) is 0 Å². The predicted octanol–water partition coefficient (Wildman–Crippen LogP) is 10.4. The number of non-ortho nitro benzene ring substituents is 1. The number of hydrogen-bond acceptors (Lipinski definition) is 15. The number of nitro groups is 1. The lowest BCUT2D eigenvalue weighted by atomic mass is 9.93. The summed E-state index contributed by atoms with van der Waals surface area (Å²) in [6.45, 7) is 9.61. The summed E-state index contributed by atoms with van der Waals surface area (Å²) in [6.07, 6.45) is 19.1. The number of ether oxygens (including phenoxy) is 4. The summed E-state index contributed by atoms with van der Waals surface area (Å²) in [5, 5.41) is 37.0. The second-order valence-electron chi connectivity index (χ2n) is 17.6. The molecule has 1 aliphatic rings. The van der Waals surface area contributed by atoms with Crippen LogP contribution in [0.15, 0.2) is 42.7 Å². The van der Waals surface area contributed by atoms with E-state index in [4.69, 9.17) is 38.3 Å². The lowest BCUT2D eigenvalue weighted by Gasteiger charge is -2.31. The Bertz CT molecular complexity index is 1900. The van der Waals surface area contributed by atoms with Crippen molar-refractivity contribution in [3.05, 3.63) is 58.5 Å². The third-order valence-corrected chi connectivity index (χ3v) is 12.3. The first-order valence-electron chi connectivity index (χ1n) is 23.3. The van der Waals surface area contributed by atoms with Gasteiger partial charge in [-0.15, -0.1) is 0 Å². The first kappa shape index (κ1) is 52.9. The Morgan fingerprint density at radius 2 is 1.56 bits per heavy atom. The Labute approximate surface area is 379 Å². The van der Waals surface area contributed by atoms with Crippen LogP contribution in [0.2, 0.25) is 0 Å². The number of nitrogen functional groups attached to an aromatic ring is 1. The van der Waals surface area contributed by atoms with Crippen molar-refractivity contribution in [1.82, 2.24) is 14.6 Å². The van der Waals surface area contributed by atoms with Gasteiger partial charge in [-0.1, -0.05) is 117 Å². The van der Waals surface area contributed by atoms with E-state index in [0.717, 1.165) is 19.3 Å². The monoisotopic (exact) mass is 917 g/mol. The van der Waals surface area contributed by atoms with E-state index in [-0.39, 0.29) is 48.5 Å². The van der Waals surface area contributed by atoms with Gasteiger partial charge in [0, 0.05) is 31.8 Å². The molecule has 5 atom stereocenters.